The third kappa shape index (κ3) is 3.16. The van der Waals surface area contributed by atoms with Crippen LogP contribution in [0.4, 0.5) is 5.82 Å². The summed E-state index contributed by atoms with van der Waals surface area (Å²) >= 11 is 0. The maximum absolute atomic E-state index is 11.6. The molecule has 0 spiro atoms. The van der Waals surface area contributed by atoms with Gasteiger partial charge in [0, 0.05) is 18.9 Å². The summed E-state index contributed by atoms with van der Waals surface area (Å²) in [6, 6.07) is 0. The first-order valence-electron chi connectivity index (χ1n) is 5.05. The van der Waals surface area contributed by atoms with Crippen molar-refractivity contribution < 1.29 is 9.90 Å². The highest BCUT2D eigenvalue weighted by Gasteiger charge is 2.14. The highest BCUT2D eigenvalue weighted by Crippen LogP contribution is 2.03. The van der Waals surface area contributed by atoms with Crippen molar-refractivity contribution in [2.24, 2.45) is 5.92 Å². The number of hydrogen-bond acceptors (Lipinski definition) is 5. The Morgan fingerprint density at radius 3 is 2.69 bits per heavy atom. The lowest BCUT2D eigenvalue weighted by atomic mass is 10.1. The number of aliphatic hydroxyl groups is 1. The first-order valence-corrected chi connectivity index (χ1v) is 5.05. The molecule has 1 aromatic heterocycles. The van der Waals surface area contributed by atoms with Gasteiger partial charge in [-0.15, -0.1) is 0 Å². The quantitative estimate of drug-likeness (QED) is 0.657. The number of nitrogens with two attached hydrogens (primary N) is 1. The third-order valence-electron chi connectivity index (χ3n) is 2.18. The van der Waals surface area contributed by atoms with Crippen molar-refractivity contribution >= 4 is 11.7 Å². The molecule has 88 valence electrons. The molecule has 0 fully saturated rings. The minimum Gasteiger partial charge on any atom is -0.391 e. The molecule has 1 aromatic rings. The third-order valence-corrected chi connectivity index (χ3v) is 2.18. The van der Waals surface area contributed by atoms with Crippen molar-refractivity contribution in [3.05, 3.63) is 18.1 Å². The predicted molar refractivity (Wildman–Crippen MR) is 59.6 cm³/mol. The number of nitrogen functional groups attached to an aromatic ring is 1. The van der Waals surface area contributed by atoms with Crippen molar-refractivity contribution in [3.8, 4) is 0 Å². The van der Waals surface area contributed by atoms with Crippen LogP contribution in [0.5, 0.6) is 0 Å². The Kier molecular flexibility index (Phi) is 4.19. The van der Waals surface area contributed by atoms with Crippen LogP contribution in [0.1, 0.15) is 24.3 Å². The fourth-order valence-corrected chi connectivity index (χ4v) is 1.04. The summed E-state index contributed by atoms with van der Waals surface area (Å²) in [7, 11) is 0. The maximum Gasteiger partial charge on any atom is 0.273 e. The van der Waals surface area contributed by atoms with E-state index in [1.165, 1.54) is 12.4 Å². The van der Waals surface area contributed by atoms with E-state index in [2.05, 4.69) is 15.3 Å². The first kappa shape index (κ1) is 12.4. The Labute approximate surface area is 93.9 Å². The van der Waals surface area contributed by atoms with E-state index in [-0.39, 0.29) is 24.0 Å². The van der Waals surface area contributed by atoms with Crippen LogP contribution < -0.4 is 11.1 Å². The zero-order valence-corrected chi connectivity index (χ0v) is 9.34. The highest BCUT2D eigenvalue weighted by atomic mass is 16.3. The maximum atomic E-state index is 11.6. The number of carbonyl (C=O) groups is 1. The monoisotopic (exact) mass is 224 g/mol. The Bertz CT molecular complexity index is 368. The van der Waals surface area contributed by atoms with Crippen LogP contribution in [0, 0.1) is 5.92 Å². The fourth-order valence-electron chi connectivity index (χ4n) is 1.04. The van der Waals surface area contributed by atoms with Crippen LogP contribution in [-0.4, -0.2) is 33.6 Å². The molecule has 0 radical (unpaired) electrons. The Hall–Kier alpha value is -1.69. The molecule has 1 unspecified atom stereocenters. The summed E-state index contributed by atoms with van der Waals surface area (Å²) in [5, 5.41) is 12.1. The molecule has 0 saturated heterocycles. The van der Waals surface area contributed by atoms with Gasteiger partial charge in [0.15, 0.2) is 11.5 Å². The van der Waals surface area contributed by atoms with Gasteiger partial charge in [-0.25, -0.2) is 9.97 Å². The summed E-state index contributed by atoms with van der Waals surface area (Å²) in [4.78, 5) is 19.2. The van der Waals surface area contributed by atoms with E-state index in [4.69, 9.17) is 5.73 Å². The highest BCUT2D eigenvalue weighted by molar-refractivity contribution is 5.96. The zero-order chi connectivity index (χ0) is 12.1. The lowest BCUT2D eigenvalue weighted by Gasteiger charge is -2.14. The molecule has 6 nitrogen and oxygen atoms in total. The number of hydrogen-bond donors (Lipinski definition) is 3. The van der Waals surface area contributed by atoms with Gasteiger partial charge in [0.05, 0.1) is 6.10 Å². The van der Waals surface area contributed by atoms with Crippen LogP contribution in [0.2, 0.25) is 0 Å². The van der Waals surface area contributed by atoms with Gasteiger partial charge in [0.1, 0.15) is 0 Å². The van der Waals surface area contributed by atoms with Crippen molar-refractivity contribution in [2.45, 2.75) is 20.0 Å². The van der Waals surface area contributed by atoms with Gasteiger partial charge in [0.2, 0.25) is 0 Å². The minimum absolute atomic E-state index is 0.0819. The molecule has 1 heterocycles. The average Bonchev–Trinajstić information content (AvgIpc) is 2.25. The topological polar surface area (TPSA) is 101 Å². The molecule has 0 aromatic carbocycles. The minimum atomic E-state index is -0.582. The van der Waals surface area contributed by atoms with Crippen LogP contribution in [-0.2, 0) is 0 Å². The summed E-state index contributed by atoms with van der Waals surface area (Å²) in [6.45, 7) is 3.91. The van der Waals surface area contributed by atoms with Crippen molar-refractivity contribution in [1.82, 2.24) is 15.3 Å². The Balaban J connectivity index is 2.57. The summed E-state index contributed by atoms with van der Waals surface area (Å²) in [5.74, 6) is -0.260. The van der Waals surface area contributed by atoms with Gasteiger partial charge in [-0.1, -0.05) is 13.8 Å². The van der Waals surface area contributed by atoms with Gasteiger partial charge in [0.25, 0.3) is 5.91 Å². The van der Waals surface area contributed by atoms with E-state index in [1.54, 1.807) is 0 Å². The van der Waals surface area contributed by atoms with Gasteiger partial charge in [-0.05, 0) is 5.92 Å². The number of carbonyl (C=O) groups excluding carboxylic acids is 1. The number of rotatable bonds is 4. The molecular formula is C10H16N4O2. The molecule has 16 heavy (non-hydrogen) atoms. The molecule has 1 rings (SSSR count). The summed E-state index contributed by atoms with van der Waals surface area (Å²) in [6.07, 6.45) is 2.22. The van der Waals surface area contributed by atoms with Crippen LogP contribution in [0.25, 0.3) is 0 Å². The van der Waals surface area contributed by atoms with Gasteiger partial charge in [-0.2, -0.15) is 0 Å². The Morgan fingerprint density at radius 2 is 2.12 bits per heavy atom. The number of anilines is 1. The van der Waals surface area contributed by atoms with E-state index in [9.17, 15) is 9.90 Å². The number of nitrogens with zero attached hydrogens (tertiary/aromatic N) is 2. The van der Waals surface area contributed by atoms with E-state index < -0.39 is 12.0 Å². The standard InChI is InChI=1S/C10H16N4O2/c1-6(2)7(15)5-14-10(16)8-9(11)13-4-3-12-8/h3-4,6-7,15H,5H2,1-2H3,(H2,11,13)(H,14,16). The molecule has 1 amide bonds. The second-order valence-corrected chi connectivity index (χ2v) is 3.81. The molecule has 0 saturated carbocycles. The van der Waals surface area contributed by atoms with Gasteiger partial charge in [-0.3, -0.25) is 4.79 Å². The van der Waals surface area contributed by atoms with E-state index in [0.29, 0.717) is 0 Å². The zero-order valence-electron chi connectivity index (χ0n) is 9.34. The number of aromatic nitrogens is 2. The number of nitrogens with one attached hydrogen (secondary N) is 1. The van der Waals surface area contributed by atoms with Crippen molar-refractivity contribution in [1.29, 1.82) is 0 Å². The van der Waals surface area contributed by atoms with Gasteiger partial charge < -0.3 is 16.2 Å². The fraction of sp³-hybridized carbons (Fsp3) is 0.500. The van der Waals surface area contributed by atoms with Gasteiger partial charge >= 0.3 is 0 Å². The lowest BCUT2D eigenvalue weighted by molar-refractivity contribution is 0.0867. The van der Waals surface area contributed by atoms with Crippen LogP contribution in [0.15, 0.2) is 12.4 Å². The largest absolute Gasteiger partial charge is 0.391 e. The van der Waals surface area contributed by atoms with Crippen LogP contribution >= 0.6 is 0 Å². The van der Waals surface area contributed by atoms with E-state index in [0.717, 1.165) is 0 Å². The SMILES string of the molecule is CC(C)C(O)CNC(=O)c1nccnc1N. The molecule has 0 aliphatic heterocycles. The van der Waals surface area contributed by atoms with E-state index in [1.807, 2.05) is 13.8 Å². The molecule has 6 heteroatoms. The number of aliphatic hydroxyl groups excluding tert-OH is 1. The average molecular weight is 224 g/mol. The van der Waals surface area contributed by atoms with E-state index >= 15 is 0 Å². The molecular weight excluding hydrogens is 208 g/mol. The second-order valence-electron chi connectivity index (χ2n) is 3.81. The normalized spacial score (nSPS) is 12.5. The second kappa shape index (κ2) is 5.41. The molecule has 0 aliphatic carbocycles. The summed E-state index contributed by atoms with van der Waals surface area (Å²) in [5.41, 5.74) is 5.57. The van der Waals surface area contributed by atoms with Crippen LogP contribution in [0.3, 0.4) is 0 Å². The Morgan fingerprint density at radius 1 is 1.50 bits per heavy atom. The molecule has 4 N–H and O–H groups in total. The smallest absolute Gasteiger partial charge is 0.273 e. The number of amides is 1. The first-order chi connectivity index (χ1) is 7.52. The molecule has 0 aliphatic rings. The van der Waals surface area contributed by atoms with Crippen molar-refractivity contribution in [2.75, 3.05) is 12.3 Å². The molecule has 1 atom stereocenters. The van der Waals surface area contributed by atoms with Crippen molar-refractivity contribution in [3.63, 3.8) is 0 Å². The lowest BCUT2D eigenvalue weighted by Crippen LogP contribution is -2.35. The predicted octanol–water partition coefficient (Wildman–Crippen LogP) is -0.195. The summed E-state index contributed by atoms with van der Waals surface area (Å²) < 4.78 is 0. The molecule has 0 bridgehead atoms.